The highest BCUT2D eigenvalue weighted by Gasteiger charge is 2.55. The molecule has 0 saturated heterocycles. The van der Waals surface area contributed by atoms with E-state index in [1.54, 1.807) is 0 Å². The van der Waals surface area contributed by atoms with Crippen LogP contribution in [0, 0.1) is 6.85 Å². The van der Waals surface area contributed by atoms with Crippen molar-refractivity contribution in [2.24, 2.45) is 0 Å². The highest BCUT2D eigenvalue weighted by atomic mass is 28.3. The number of nitrogens with zero attached hydrogens (tertiary/aromatic N) is 4. The molecule has 0 atom stereocenters. The molecule has 89 heavy (non-hydrogen) atoms. The summed E-state index contributed by atoms with van der Waals surface area (Å²) in [5.41, 5.74) is 12.3. The van der Waals surface area contributed by atoms with E-state index < -0.39 is 63.3 Å². The van der Waals surface area contributed by atoms with E-state index in [4.69, 9.17) is 24.8 Å². The Labute approximate surface area is 547 Å². The SMILES string of the molecule is [2H]c1c([2H])c([2H])c(-c2cnc(N3c4ccccc4[Si]4(c5cc(C(C)(C)C)ccc5-c5ccc(C(C)(C)C)cc54)c4ccc(Oc5cccc(N6CN(c7c(-c8cc(C(C)(C)C)cc(C(C)(C)C)c8)cccc7-c7c([2H])c([2H])c([2H])c([2H])c7[2H])c7ccccc76)c5)cc43)cc2C([2H])([2H])[2H])c([2H])c1[2H]. The molecule has 3 aliphatic heterocycles. The molecule has 6 heteroatoms. The number of fused-ring (bicyclic) bond motifs is 10. The van der Waals surface area contributed by atoms with E-state index in [9.17, 15) is 2.74 Å². The average Bonchev–Trinajstić information content (AvgIpc) is 1.46. The van der Waals surface area contributed by atoms with Crippen molar-refractivity contribution in [2.45, 2.75) is 112 Å². The first-order valence-corrected chi connectivity index (χ1v) is 32.6. The number of benzene rings is 10. The van der Waals surface area contributed by atoms with E-state index in [2.05, 4.69) is 184 Å². The Balaban J connectivity index is 0.954. The number of pyridine rings is 1. The van der Waals surface area contributed by atoms with Crippen LogP contribution in [-0.2, 0) is 21.7 Å². The molecule has 0 aliphatic carbocycles. The summed E-state index contributed by atoms with van der Waals surface area (Å²) in [7, 11) is -3.45. The maximum absolute atomic E-state index is 9.41. The van der Waals surface area contributed by atoms with E-state index in [0.717, 1.165) is 66.5 Å². The van der Waals surface area contributed by atoms with Crippen molar-refractivity contribution in [1.82, 2.24) is 4.98 Å². The van der Waals surface area contributed by atoms with Gasteiger partial charge in [-0.15, -0.1) is 0 Å². The van der Waals surface area contributed by atoms with Gasteiger partial charge in [-0.3, -0.25) is 4.90 Å². The van der Waals surface area contributed by atoms with Gasteiger partial charge in [0.25, 0.3) is 0 Å². The van der Waals surface area contributed by atoms with Crippen LogP contribution in [0.2, 0.25) is 0 Å². The van der Waals surface area contributed by atoms with Crippen LogP contribution >= 0.6 is 0 Å². The maximum atomic E-state index is 9.41. The lowest BCUT2D eigenvalue weighted by atomic mass is 9.78. The Morgan fingerprint density at radius 3 is 1.54 bits per heavy atom. The second-order valence-electron chi connectivity index (χ2n) is 28.0. The van der Waals surface area contributed by atoms with Gasteiger partial charge >= 0.3 is 0 Å². The molecular formula is C83H80N4OSi. The van der Waals surface area contributed by atoms with Gasteiger partial charge in [-0.05, 0) is 147 Å². The lowest BCUT2D eigenvalue weighted by molar-refractivity contribution is 0.483. The Hall–Kier alpha value is -9.23. The van der Waals surface area contributed by atoms with Crippen molar-refractivity contribution in [2.75, 3.05) is 21.4 Å². The number of aromatic nitrogens is 1. The van der Waals surface area contributed by atoms with Crippen LogP contribution in [0.15, 0.2) is 236 Å². The summed E-state index contributed by atoms with van der Waals surface area (Å²) < 4.78 is 123. The number of para-hydroxylation sites is 4. The minimum Gasteiger partial charge on any atom is -0.457 e. The molecule has 0 saturated carbocycles. The quantitative estimate of drug-likeness (QED) is 0.142. The molecule has 11 aromatic rings. The van der Waals surface area contributed by atoms with E-state index in [1.165, 1.54) is 33.8 Å². The summed E-state index contributed by atoms with van der Waals surface area (Å²) in [6.07, 6.45) is 1.33. The second kappa shape index (κ2) is 21.2. The van der Waals surface area contributed by atoms with Gasteiger partial charge in [0.2, 0.25) is 0 Å². The summed E-state index contributed by atoms with van der Waals surface area (Å²) in [6.45, 7) is 23.9. The van der Waals surface area contributed by atoms with Gasteiger partial charge in [0, 0.05) is 50.5 Å². The topological polar surface area (TPSA) is 31.8 Å². The fraction of sp³-hybridized carbons (Fsp3) is 0.217. The molecule has 0 bridgehead atoms. The first-order valence-electron chi connectivity index (χ1n) is 37.1. The normalized spacial score (nSPS) is 16.3. The Morgan fingerprint density at radius 1 is 0.416 bits per heavy atom. The van der Waals surface area contributed by atoms with E-state index >= 15 is 0 Å². The third kappa shape index (κ3) is 9.88. The number of ether oxygens (including phenoxy) is 1. The summed E-state index contributed by atoms with van der Waals surface area (Å²) in [6, 6.07) is 53.5. The van der Waals surface area contributed by atoms with Crippen LogP contribution in [0.4, 0.5) is 39.9 Å². The minimum absolute atomic E-state index is 0.0948. The second-order valence-corrected chi connectivity index (χ2v) is 31.6. The maximum Gasteiger partial charge on any atom is 0.185 e. The number of anilines is 7. The zero-order valence-corrected chi connectivity index (χ0v) is 53.6. The molecule has 5 nitrogen and oxygen atoms in total. The number of hydrogen-bond donors (Lipinski definition) is 0. The lowest BCUT2D eigenvalue weighted by Crippen LogP contribution is -2.75. The molecule has 442 valence electrons. The molecule has 0 fully saturated rings. The zero-order chi connectivity index (χ0) is 73.1. The van der Waals surface area contributed by atoms with Gasteiger partial charge in [-0.25, -0.2) is 4.98 Å². The standard InChI is InChI=1S/C83H80N4OSi/c1-54-44-78(84-52-69(54)56-28-18-15-19-29-56)87-72-36-22-23-37-74(72)89(76-48-58(80(2,3)4)38-41-67(76)68-42-39-59(49-77(68)89)81(5,6)7)75-43-40-64(51-73(75)87)88-63-31-24-30-62(50-63)85-53-86(71-35-21-20-34-70(71)85)79-65(55-26-16-14-17-27-55)32-25-33-66(79)57-45-60(82(8,9)10)47-61(46-57)83(11,12)13/h14-52H,53H2,1-13H3/i1D3,14D,15D,16D,17D,18D,19D,26D,27D,28D,29D. The van der Waals surface area contributed by atoms with E-state index in [0.29, 0.717) is 28.4 Å². The van der Waals surface area contributed by atoms with Crippen molar-refractivity contribution in [3.8, 4) is 56.0 Å². The first-order chi connectivity index (χ1) is 47.9. The van der Waals surface area contributed by atoms with Gasteiger partial charge in [-0.1, -0.05) is 259 Å². The van der Waals surface area contributed by atoms with Crippen LogP contribution in [0.1, 0.15) is 129 Å². The largest absolute Gasteiger partial charge is 0.457 e. The average molecular weight is 1190 g/mol. The predicted molar refractivity (Wildman–Crippen MR) is 379 cm³/mol. The molecule has 1 aromatic heterocycles. The molecule has 1 spiro atoms. The van der Waals surface area contributed by atoms with Crippen LogP contribution in [-0.4, -0.2) is 19.7 Å². The van der Waals surface area contributed by atoms with Crippen molar-refractivity contribution < 1.29 is 22.6 Å². The van der Waals surface area contributed by atoms with Gasteiger partial charge in [-0.2, -0.15) is 0 Å². The van der Waals surface area contributed by atoms with Crippen molar-refractivity contribution in [1.29, 1.82) is 0 Å². The predicted octanol–water partition coefficient (Wildman–Crippen LogP) is 19.8. The third-order valence-corrected chi connectivity index (χ3v) is 23.0. The van der Waals surface area contributed by atoms with Gasteiger partial charge in [0.15, 0.2) is 8.07 Å². The Bertz CT molecular complexity index is 5180. The first kappa shape index (κ1) is 44.2. The molecule has 4 heterocycles. The molecule has 0 amide bonds. The van der Waals surface area contributed by atoms with Crippen molar-refractivity contribution >= 4 is 68.8 Å². The minimum atomic E-state index is -3.45. The van der Waals surface area contributed by atoms with Gasteiger partial charge in [0.1, 0.15) is 24.0 Å². The fourth-order valence-corrected chi connectivity index (χ4v) is 18.9. The number of rotatable bonds is 8. The van der Waals surface area contributed by atoms with Gasteiger partial charge in [0.05, 0.1) is 36.5 Å². The van der Waals surface area contributed by atoms with Crippen LogP contribution < -0.4 is 40.2 Å². The van der Waals surface area contributed by atoms with Crippen molar-refractivity contribution in [3.63, 3.8) is 0 Å². The molecule has 0 unspecified atom stereocenters. The molecular weight excluding hydrogens is 1100 g/mol. The Kier molecular flexibility index (Phi) is 10.6. The summed E-state index contributed by atoms with van der Waals surface area (Å²) in [5.74, 6) is 1.19. The monoisotopic (exact) mass is 1190 g/mol. The molecule has 0 radical (unpaired) electrons. The van der Waals surface area contributed by atoms with E-state index in [-0.39, 0.29) is 68.5 Å². The van der Waals surface area contributed by atoms with Crippen LogP contribution in [0.25, 0.3) is 44.5 Å². The van der Waals surface area contributed by atoms with Gasteiger partial charge < -0.3 is 14.5 Å². The summed E-state index contributed by atoms with van der Waals surface area (Å²) in [5, 5.41) is 4.49. The zero-order valence-electron chi connectivity index (χ0n) is 65.6. The van der Waals surface area contributed by atoms with Crippen LogP contribution in [0.3, 0.4) is 0 Å². The van der Waals surface area contributed by atoms with Crippen LogP contribution in [0.5, 0.6) is 11.5 Å². The highest BCUT2D eigenvalue weighted by molar-refractivity contribution is 7.23. The van der Waals surface area contributed by atoms with E-state index in [1.807, 2.05) is 77.7 Å². The molecule has 3 aliphatic rings. The van der Waals surface area contributed by atoms with Crippen molar-refractivity contribution in [3.05, 3.63) is 264 Å². The number of hydrogen-bond acceptors (Lipinski definition) is 5. The summed E-state index contributed by atoms with van der Waals surface area (Å²) in [4.78, 5) is 11.4. The molecule has 0 N–H and O–H groups in total. The highest BCUT2D eigenvalue weighted by Crippen LogP contribution is 2.52. The fourth-order valence-electron chi connectivity index (χ4n) is 13.4. The molecule has 14 rings (SSSR count). The smallest absolute Gasteiger partial charge is 0.185 e. The third-order valence-electron chi connectivity index (χ3n) is 18.1. The Morgan fingerprint density at radius 2 is 0.944 bits per heavy atom. The molecule has 10 aromatic carbocycles. The lowest BCUT2D eigenvalue weighted by Gasteiger charge is -2.43. The number of aryl methyl sites for hydroxylation is 1. The summed E-state index contributed by atoms with van der Waals surface area (Å²) >= 11 is 0.